The van der Waals surface area contributed by atoms with Gasteiger partial charge in [0, 0.05) is 18.9 Å². The van der Waals surface area contributed by atoms with Gasteiger partial charge in [0.1, 0.15) is 11.4 Å². The molecule has 0 saturated carbocycles. The van der Waals surface area contributed by atoms with Crippen molar-refractivity contribution in [2.24, 2.45) is 0 Å². The normalized spacial score (nSPS) is 10.8. The van der Waals surface area contributed by atoms with Crippen LogP contribution in [0.15, 0.2) is 79.3 Å². The molecule has 0 saturated heterocycles. The third kappa shape index (κ3) is 3.44. The first-order valence-electron chi connectivity index (χ1n) is 8.93. The topological polar surface area (TPSA) is 51.9 Å². The number of carbonyl (C=O) groups excluding carboxylic acids is 1. The summed E-state index contributed by atoms with van der Waals surface area (Å²) in [5.74, 6) is 0.0498. The Morgan fingerprint density at radius 2 is 1.75 bits per heavy atom. The summed E-state index contributed by atoms with van der Waals surface area (Å²) in [4.78, 5) is 12.9. The maximum atomic E-state index is 13.3. The lowest BCUT2D eigenvalue weighted by molar-refractivity contribution is 0.0951. The van der Waals surface area contributed by atoms with E-state index < -0.39 is 0 Å². The summed E-state index contributed by atoms with van der Waals surface area (Å²) in [6, 6.07) is 17.7. The number of nitrogens with zero attached hydrogens (tertiary/aromatic N) is 3. The van der Waals surface area contributed by atoms with Gasteiger partial charge in [-0.05, 0) is 54.4 Å². The van der Waals surface area contributed by atoms with Gasteiger partial charge in [-0.25, -0.2) is 9.07 Å². The Balaban J connectivity index is 1.68. The Morgan fingerprint density at radius 3 is 2.46 bits per heavy atom. The van der Waals surface area contributed by atoms with Crippen LogP contribution in [-0.2, 0) is 6.54 Å². The molecular formula is C22H19FN4O. The predicted molar refractivity (Wildman–Crippen MR) is 105 cm³/mol. The van der Waals surface area contributed by atoms with Crippen LogP contribution in [0.1, 0.15) is 21.5 Å². The summed E-state index contributed by atoms with van der Waals surface area (Å²) < 4.78 is 16.8. The zero-order valence-corrected chi connectivity index (χ0v) is 15.3. The Hall–Kier alpha value is -3.67. The summed E-state index contributed by atoms with van der Waals surface area (Å²) in [6.07, 6.45) is 5.22. The second-order valence-electron chi connectivity index (χ2n) is 6.47. The third-order valence-electron chi connectivity index (χ3n) is 4.61. The van der Waals surface area contributed by atoms with Crippen LogP contribution in [0.3, 0.4) is 0 Å². The van der Waals surface area contributed by atoms with E-state index in [1.807, 2.05) is 60.3 Å². The standard InChI is InChI=1S/C22H19FN4O/c1-16-6-2-3-7-17(16)14-24-21(28)20-15-25-27(19-10-8-18(23)9-11-19)22(20)26-12-4-5-13-26/h2-13,15H,14H2,1H3,(H,24,28). The van der Waals surface area contributed by atoms with Crippen molar-refractivity contribution in [3.05, 3.63) is 102 Å². The molecule has 1 N–H and O–H groups in total. The van der Waals surface area contributed by atoms with Gasteiger partial charge in [-0.15, -0.1) is 0 Å². The molecule has 2 heterocycles. The molecule has 1 amide bonds. The van der Waals surface area contributed by atoms with E-state index in [2.05, 4.69) is 10.4 Å². The molecule has 0 aliphatic heterocycles. The largest absolute Gasteiger partial charge is 0.348 e. The number of hydrogen-bond donors (Lipinski definition) is 1. The monoisotopic (exact) mass is 374 g/mol. The van der Waals surface area contributed by atoms with Crippen molar-refractivity contribution in [3.63, 3.8) is 0 Å². The van der Waals surface area contributed by atoms with Gasteiger partial charge in [0.05, 0.1) is 11.9 Å². The fraction of sp³-hybridized carbons (Fsp3) is 0.0909. The van der Waals surface area contributed by atoms with Crippen LogP contribution in [0, 0.1) is 12.7 Å². The van der Waals surface area contributed by atoms with Crippen LogP contribution in [-0.4, -0.2) is 20.3 Å². The third-order valence-corrected chi connectivity index (χ3v) is 4.61. The van der Waals surface area contributed by atoms with E-state index in [0.29, 0.717) is 23.6 Å². The van der Waals surface area contributed by atoms with Crippen LogP contribution >= 0.6 is 0 Å². The van der Waals surface area contributed by atoms with Gasteiger partial charge in [0.25, 0.3) is 5.91 Å². The summed E-state index contributed by atoms with van der Waals surface area (Å²) >= 11 is 0. The van der Waals surface area contributed by atoms with Crippen LogP contribution in [0.2, 0.25) is 0 Å². The Bertz CT molecular complexity index is 1100. The van der Waals surface area contributed by atoms with Crippen molar-refractivity contribution < 1.29 is 9.18 Å². The Kier molecular flexibility index (Phi) is 4.76. The molecule has 0 bridgehead atoms. The SMILES string of the molecule is Cc1ccccc1CNC(=O)c1cnn(-c2ccc(F)cc2)c1-n1cccc1. The molecule has 0 aliphatic carbocycles. The zero-order valence-electron chi connectivity index (χ0n) is 15.3. The fourth-order valence-electron chi connectivity index (χ4n) is 3.08. The van der Waals surface area contributed by atoms with Gasteiger partial charge in [0.2, 0.25) is 0 Å². The molecule has 28 heavy (non-hydrogen) atoms. The maximum absolute atomic E-state index is 13.3. The second kappa shape index (κ2) is 7.52. The maximum Gasteiger partial charge on any atom is 0.256 e. The molecule has 2 aromatic carbocycles. The minimum atomic E-state index is -0.324. The molecule has 0 spiro atoms. The molecule has 0 radical (unpaired) electrons. The Labute approximate surface area is 162 Å². The number of rotatable bonds is 5. The average Bonchev–Trinajstić information content (AvgIpc) is 3.37. The molecule has 4 aromatic rings. The molecule has 0 unspecified atom stereocenters. The highest BCUT2D eigenvalue weighted by Gasteiger charge is 2.20. The number of benzene rings is 2. The van der Waals surface area contributed by atoms with Crippen molar-refractivity contribution in [2.45, 2.75) is 13.5 Å². The second-order valence-corrected chi connectivity index (χ2v) is 6.47. The molecule has 0 fully saturated rings. The van der Waals surface area contributed by atoms with Crippen molar-refractivity contribution in [2.75, 3.05) is 0 Å². The molecule has 5 nitrogen and oxygen atoms in total. The molecule has 140 valence electrons. The molecule has 0 aliphatic rings. The highest BCUT2D eigenvalue weighted by Crippen LogP contribution is 2.20. The minimum Gasteiger partial charge on any atom is -0.348 e. The average molecular weight is 374 g/mol. The van der Waals surface area contributed by atoms with Gasteiger partial charge >= 0.3 is 0 Å². The highest BCUT2D eigenvalue weighted by molar-refractivity contribution is 5.97. The van der Waals surface area contributed by atoms with E-state index in [1.54, 1.807) is 16.8 Å². The fourth-order valence-corrected chi connectivity index (χ4v) is 3.08. The number of carbonyl (C=O) groups is 1. The van der Waals surface area contributed by atoms with Gasteiger partial charge in [-0.1, -0.05) is 24.3 Å². The lowest BCUT2D eigenvalue weighted by Crippen LogP contribution is -2.24. The van der Waals surface area contributed by atoms with Crippen LogP contribution in [0.25, 0.3) is 11.5 Å². The van der Waals surface area contributed by atoms with Crippen molar-refractivity contribution >= 4 is 5.91 Å². The summed E-state index contributed by atoms with van der Waals surface area (Å²) in [5.41, 5.74) is 3.29. The van der Waals surface area contributed by atoms with E-state index in [-0.39, 0.29) is 11.7 Å². The number of hydrogen-bond acceptors (Lipinski definition) is 2. The molecule has 6 heteroatoms. The smallest absolute Gasteiger partial charge is 0.256 e. The first-order chi connectivity index (χ1) is 13.6. The lowest BCUT2D eigenvalue weighted by atomic mass is 10.1. The van der Waals surface area contributed by atoms with E-state index in [1.165, 1.54) is 18.3 Å². The predicted octanol–water partition coefficient (Wildman–Crippen LogP) is 4.04. The van der Waals surface area contributed by atoms with Gasteiger partial charge in [0.15, 0.2) is 5.82 Å². The molecular weight excluding hydrogens is 355 g/mol. The first-order valence-corrected chi connectivity index (χ1v) is 8.93. The lowest BCUT2D eigenvalue weighted by Gasteiger charge is -2.12. The molecule has 4 rings (SSSR count). The van der Waals surface area contributed by atoms with Crippen LogP contribution in [0.5, 0.6) is 0 Å². The van der Waals surface area contributed by atoms with Gasteiger partial charge < -0.3 is 9.88 Å². The molecule has 2 aromatic heterocycles. The first kappa shape index (κ1) is 17.7. The summed E-state index contributed by atoms with van der Waals surface area (Å²) in [6.45, 7) is 2.44. The van der Waals surface area contributed by atoms with E-state index in [9.17, 15) is 9.18 Å². The van der Waals surface area contributed by atoms with Crippen molar-refractivity contribution in [1.29, 1.82) is 0 Å². The number of halogens is 1. The van der Waals surface area contributed by atoms with Gasteiger partial charge in [-0.2, -0.15) is 5.10 Å². The van der Waals surface area contributed by atoms with Crippen molar-refractivity contribution in [1.82, 2.24) is 19.7 Å². The number of aryl methyl sites for hydroxylation is 1. The highest BCUT2D eigenvalue weighted by atomic mass is 19.1. The number of aromatic nitrogens is 3. The summed E-state index contributed by atoms with van der Waals surface area (Å²) in [7, 11) is 0. The number of amides is 1. The van der Waals surface area contributed by atoms with E-state index in [0.717, 1.165) is 11.1 Å². The van der Waals surface area contributed by atoms with E-state index in [4.69, 9.17) is 0 Å². The Morgan fingerprint density at radius 1 is 1.04 bits per heavy atom. The van der Waals surface area contributed by atoms with Crippen LogP contribution in [0.4, 0.5) is 4.39 Å². The van der Waals surface area contributed by atoms with Gasteiger partial charge in [-0.3, -0.25) is 4.79 Å². The zero-order chi connectivity index (χ0) is 19.5. The van der Waals surface area contributed by atoms with Crippen LogP contribution < -0.4 is 5.32 Å². The summed E-state index contributed by atoms with van der Waals surface area (Å²) in [5, 5.41) is 7.34. The number of nitrogens with one attached hydrogen (secondary N) is 1. The van der Waals surface area contributed by atoms with Crippen molar-refractivity contribution in [3.8, 4) is 11.5 Å². The van der Waals surface area contributed by atoms with E-state index >= 15 is 0 Å². The minimum absolute atomic E-state index is 0.222. The quantitative estimate of drug-likeness (QED) is 0.573. The molecule has 0 atom stereocenters.